The molecule has 1 saturated heterocycles. The summed E-state index contributed by atoms with van der Waals surface area (Å²) in [6, 6.07) is 0.129. The summed E-state index contributed by atoms with van der Waals surface area (Å²) in [6.07, 6.45) is 0.623. The van der Waals surface area contributed by atoms with E-state index in [0.29, 0.717) is 12.3 Å². The van der Waals surface area contributed by atoms with E-state index in [2.05, 4.69) is 10.4 Å². The minimum atomic E-state index is -2.86. The van der Waals surface area contributed by atoms with Crippen LogP contribution in [0.1, 0.15) is 20.3 Å². The highest BCUT2D eigenvalue weighted by Crippen LogP contribution is 2.19. The van der Waals surface area contributed by atoms with Crippen molar-refractivity contribution in [1.29, 1.82) is 0 Å². The predicted molar refractivity (Wildman–Crippen MR) is 56.7 cm³/mol. The second-order valence-corrected chi connectivity index (χ2v) is 6.08. The number of nitrogens with two attached hydrogens (primary N) is 1. The fourth-order valence-corrected chi connectivity index (χ4v) is 3.30. The molecule has 0 aromatic rings. The van der Waals surface area contributed by atoms with Gasteiger partial charge in [-0.15, -0.1) is 0 Å². The van der Waals surface area contributed by atoms with Crippen molar-refractivity contribution in [3.63, 3.8) is 0 Å². The minimum Gasteiger partial charge on any atom is -0.312 e. The Kier molecular flexibility index (Phi) is 3.49. The van der Waals surface area contributed by atoms with Crippen LogP contribution in [-0.2, 0) is 9.84 Å². The van der Waals surface area contributed by atoms with Crippen LogP contribution in [-0.4, -0.2) is 31.8 Å². The Hall–Kier alpha value is -0.620. The molecular weight excluding hydrogens is 202 g/mol. The summed E-state index contributed by atoms with van der Waals surface area (Å²) in [6.45, 7) is 3.86. The van der Waals surface area contributed by atoms with Crippen LogP contribution in [0.25, 0.3) is 0 Å². The van der Waals surface area contributed by atoms with Gasteiger partial charge in [-0.05, 0) is 20.3 Å². The van der Waals surface area contributed by atoms with Gasteiger partial charge >= 0.3 is 0 Å². The van der Waals surface area contributed by atoms with E-state index in [1.54, 1.807) is 0 Å². The van der Waals surface area contributed by atoms with Crippen LogP contribution < -0.4 is 11.3 Å². The van der Waals surface area contributed by atoms with Gasteiger partial charge in [0.15, 0.2) is 9.84 Å². The molecule has 0 aliphatic carbocycles. The third kappa shape index (κ3) is 2.95. The summed E-state index contributed by atoms with van der Waals surface area (Å²) in [5.74, 6) is 6.29. The molecule has 1 atom stereocenters. The highest BCUT2D eigenvalue weighted by molar-refractivity contribution is 7.91. The number of amidine groups is 1. The summed E-state index contributed by atoms with van der Waals surface area (Å²) in [4.78, 5) is 4.26. The molecule has 0 bridgehead atoms. The second kappa shape index (κ2) is 4.27. The summed E-state index contributed by atoms with van der Waals surface area (Å²) in [7, 11) is -2.86. The number of hydrogen-bond acceptors (Lipinski definition) is 4. The molecule has 14 heavy (non-hydrogen) atoms. The Morgan fingerprint density at radius 2 is 2.21 bits per heavy atom. The first-order chi connectivity index (χ1) is 6.44. The highest BCUT2D eigenvalue weighted by Gasteiger charge is 2.31. The number of nitrogens with zero attached hydrogens (tertiary/aromatic N) is 1. The van der Waals surface area contributed by atoms with Crippen molar-refractivity contribution in [1.82, 2.24) is 5.43 Å². The van der Waals surface area contributed by atoms with E-state index in [9.17, 15) is 8.42 Å². The van der Waals surface area contributed by atoms with Crippen LogP contribution in [0, 0.1) is 5.92 Å². The van der Waals surface area contributed by atoms with E-state index in [1.165, 1.54) is 0 Å². The molecule has 0 aromatic heterocycles. The third-order valence-corrected chi connectivity index (χ3v) is 3.93. The first kappa shape index (κ1) is 11.5. The molecule has 1 aliphatic heterocycles. The van der Waals surface area contributed by atoms with Crippen molar-refractivity contribution >= 4 is 15.7 Å². The molecule has 82 valence electrons. The van der Waals surface area contributed by atoms with Crippen molar-refractivity contribution < 1.29 is 8.42 Å². The van der Waals surface area contributed by atoms with Gasteiger partial charge in [0.2, 0.25) is 0 Å². The topological polar surface area (TPSA) is 84.5 Å². The van der Waals surface area contributed by atoms with Crippen LogP contribution >= 0.6 is 0 Å². The lowest BCUT2D eigenvalue weighted by Crippen LogP contribution is -2.37. The average molecular weight is 219 g/mol. The highest BCUT2D eigenvalue weighted by atomic mass is 32.2. The van der Waals surface area contributed by atoms with Gasteiger partial charge in [0.05, 0.1) is 11.5 Å². The third-order valence-electron chi connectivity index (χ3n) is 2.16. The number of hydrazine groups is 1. The summed E-state index contributed by atoms with van der Waals surface area (Å²) < 4.78 is 22.4. The first-order valence-electron chi connectivity index (χ1n) is 4.69. The van der Waals surface area contributed by atoms with Crippen molar-refractivity contribution in [2.24, 2.45) is 16.8 Å². The largest absolute Gasteiger partial charge is 0.312 e. The molecule has 1 heterocycles. The van der Waals surface area contributed by atoms with E-state index >= 15 is 0 Å². The van der Waals surface area contributed by atoms with Crippen molar-refractivity contribution in [2.75, 3.05) is 11.5 Å². The van der Waals surface area contributed by atoms with Crippen LogP contribution in [0.2, 0.25) is 0 Å². The van der Waals surface area contributed by atoms with E-state index in [1.807, 2.05) is 13.8 Å². The van der Waals surface area contributed by atoms with Gasteiger partial charge in [-0.25, -0.2) is 14.3 Å². The van der Waals surface area contributed by atoms with E-state index in [-0.39, 0.29) is 23.5 Å². The Morgan fingerprint density at radius 1 is 1.57 bits per heavy atom. The quantitative estimate of drug-likeness (QED) is 0.289. The van der Waals surface area contributed by atoms with Crippen LogP contribution in [0.3, 0.4) is 0 Å². The Bertz CT molecular complexity index is 321. The number of hydrogen-bond donors (Lipinski definition) is 2. The molecular formula is C8H17N3O2S. The lowest BCUT2D eigenvalue weighted by Gasteiger charge is -2.12. The van der Waals surface area contributed by atoms with Gasteiger partial charge < -0.3 is 5.43 Å². The molecule has 1 fully saturated rings. The maximum atomic E-state index is 11.2. The van der Waals surface area contributed by atoms with Gasteiger partial charge in [0.1, 0.15) is 5.84 Å². The zero-order chi connectivity index (χ0) is 10.8. The zero-order valence-electron chi connectivity index (χ0n) is 8.53. The molecule has 0 radical (unpaired) electrons. The van der Waals surface area contributed by atoms with Crippen molar-refractivity contribution in [3.8, 4) is 0 Å². The molecule has 0 saturated carbocycles. The van der Waals surface area contributed by atoms with Crippen LogP contribution in [0.4, 0.5) is 0 Å². The van der Waals surface area contributed by atoms with E-state index in [4.69, 9.17) is 5.84 Å². The molecule has 1 unspecified atom stereocenters. The summed E-state index contributed by atoms with van der Waals surface area (Å²) >= 11 is 0. The van der Waals surface area contributed by atoms with Crippen LogP contribution in [0.15, 0.2) is 4.99 Å². The fraction of sp³-hybridized carbons (Fsp3) is 0.875. The van der Waals surface area contributed by atoms with Crippen molar-refractivity contribution in [3.05, 3.63) is 0 Å². The molecule has 0 aromatic carbocycles. The number of rotatable bonds is 2. The van der Waals surface area contributed by atoms with E-state index in [0.717, 1.165) is 0 Å². The maximum Gasteiger partial charge on any atom is 0.151 e. The maximum absolute atomic E-state index is 11.2. The van der Waals surface area contributed by atoms with Gasteiger partial charge in [0.25, 0.3) is 0 Å². The van der Waals surface area contributed by atoms with E-state index < -0.39 is 9.84 Å². The molecule has 1 aliphatic rings. The fourth-order valence-electron chi connectivity index (χ4n) is 1.55. The second-order valence-electron chi connectivity index (χ2n) is 3.85. The smallest absolute Gasteiger partial charge is 0.151 e. The Balaban J connectivity index is 2.74. The number of aliphatic imine (C=N–C) groups is 1. The van der Waals surface area contributed by atoms with Crippen LogP contribution in [0.5, 0.6) is 0 Å². The Morgan fingerprint density at radius 3 is 2.57 bits per heavy atom. The molecule has 5 nitrogen and oxygen atoms in total. The Labute approximate surface area is 84.7 Å². The first-order valence-corrected chi connectivity index (χ1v) is 6.51. The van der Waals surface area contributed by atoms with Gasteiger partial charge in [-0.1, -0.05) is 0 Å². The predicted octanol–water partition coefficient (Wildman–Crippen LogP) is -0.309. The summed E-state index contributed by atoms with van der Waals surface area (Å²) in [5, 5.41) is 0. The number of sulfone groups is 1. The van der Waals surface area contributed by atoms with Gasteiger partial charge in [-0.3, -0.25) is 4.99 Å². The molecule has 1 rings (SSSR count). The zero-order valence-corrected chi connectivity index (χ0v) is 9.34. The van der Waals surface area contributed by atoms with Gasteiger partial charge in [-0.2, -0.15) is 0 Å². The minimum absolute atomic E-state index is 0.0487. The molecule has 0 spiro atoms. The average Bonchev–Trinajstić information content (AvgIpc) is 2.41. The standard InChI is InChI=1S/C8H17N3O2S/c1-6(2)10-8(11-9)7-3-4-14(12,13)5-7/h6-7H,3-5,9H2,1-2H3,(H,10,11). The lowest BCUT2D eigenvalue weighted by molar-refractivity contribution is 0.601. The number of nitrogens with one attached hydrogen (secondary N) is 1. The molecule has 6 heteroatoms. The monoisotopic (exact) mass is 219 g/mol. The lowest BCUT2D eigenvalue weighted by atomic mass is 10.1. The molecule has 3 N–H and O–H groups in total. The normalized spacial score (nSPS) is 26.9. The van der Waals surface area contributed by atoms with Crippen molar-refractivity contribution in [2.45, 2.75) is 26.3 Å². The summed E-state index contributed by atoms with van der Waals surface area (Å²) in [5.41, 5.74) is 2.50. The SMILES string of the molecule is CC(C)N=C(NN)C1CCS(=O)(=O)C1. The van der Waals surface area contributed by atoms with Gasteiger partial charge in [0, 0.05) is 12.0 Å². The molecule has 0 amide bonds.